The molecule has 0 radical (unpaired) electrons. The number of aryl methyl sites for hydroxylation is 2. The van der Waals surface area contributed by atoms with Crippen LogP contribution in [0.1, 0.15) is 24.5 Å². The zero-order valence-electron chi connectivity index (χ0n) is 15.8. The van der Waals surface area contributed by atoms with E-state index in [0.717, 1.165) is 28.3 Å². The molecule has 27 heavy (non-hydrogen) atoms. The van der Waals surface area contributed by atoms with Crippen molar-refractivity contribution < 1.29 is 13.2 Å². The molecule has 0 spiro atoms. The van der Waals surface area contributed by atoms with E-state index in [-0.39, 0.29) is 6.54 Å². The fraction of sp³-hybridized carbons (Fsp3) is 0.300. The summed E-state index contributed by atoms with van der Waals surface area (Å²) in [5.41, 5.74) is 5.79. The topological polar surface area (TPSA) is 78.8 Å². The largest absolute Gasteiger partial charge is 0.271 e. The molecule has 0 aliphatic rings. The first-order valence-electron chi connectivity index (χ1n) is 8.66. The van der Waals surface area contributed by atoms with E-state index in [4.69, 9.17) is 0 Å². The Morgan fingerprint density at radius 3 is 2.44 bits per heavy atom. The fourth-order valence-electron chi connectivity index (χ4n) is 2.53. The molecule has 0 atom stereocenters. The van der Waals surface area contributed by atoms with Gasteiger partial charge in [0.2, 0.25) is 10.0 Å². The molecule has 1 amide bonds. The number of anilines is 1. The Morgan fingerprint density at radius 2 is 1.81 bits per heavy atom. The number of nitrogens with zero attached hydrogens (tertiary/aromatic N) is 2. The lowest BCUT2D eigenvalue weighted by Crippen LogP contribution is -2.39. The predicted octanol–water partition coefficient (Wildman–Crippen LogP) is 2.89. The Bertz CT molecular complexity index is 909. The molecule has 2 aromatic carbocycles. The average molecular weight is 388 g/mol. The van der Waals surface area contributed by atoms with Crippen molar-refractivity contribution in [2.24, 2.45) is 5.10 Å². The average Bonchev–Trinajstić information content (AvgIpc) is 2.62. The molecule has 0 saturated heterocycles. The van der Waals surface area contributed by atoms with E-state index in [1.807, 2.05) is 50.2 Å². The van der Waals surface area contributed by atoms with Crippen LogP contribution < -0.4 is 9.73 Å². The summed E-state index contributed by atoms with van der Waals surface area (Å²) >= 11 is 0. The van der Waals surface area contributed by atoms with Gasteiger partial charge in [0.15, 0.2) is 0 Å². The highest BCUT2D eigenvalue weighted by Gasteiger charge is 2.20. The quantitative estimate of drug-likeness (QED) is 0.559. The third-order valence-corrected chi connectivity index (χ3v) is 5.11. The lowest BCUT2D eigenvalue weighted by molar-refractivity contribution is -0.119. The van der Waals surface area contributed by atoms with Crippen LogP contribution in [0.4, 0.5) is 5.69 Å². The third kappa shape index (κ3) is 6.86. The van der Waals surface area contributed by atoms with Crippen LogP contribution in [0.5, 0.6) is 0 Å². The second-order valence-corrected chi connectivity index (χ2v) is 8.38. The summed E-state index contributed by atoms with van der Waals surface area (Å²) in [6.07, 6.45) is 2.61. The van der Waals surface area contributed by atoms with Crippen molar-refractivity contribution in [3.8, 4) is 0 Å². The second kappa shape index (κ2) is 9.32. The highest BCUT2D eigenvalue weighted by Crippen LogP contribution is 2.18. The Morgan fingerprint density at radius 1 is 1.11 bits per heavy atom. The molecular weight excluding hydrogens is 362 g/mol. The number of rotatable bonds is 8. The first kappa shape index (κ1) is 20.6. The van der Waals surface area contributed by atoms with Gasteiger partial charge in [0.25, 0.3) is 5.91 Å². The van der Waals surface area contributed by atoms with Crippen molar-refractivity contribution in [2.75, 3.05) is 17.1 Å². The Kier molecular flexibility index (Phi) is 7.12. The van der Waals surface area contributed by atoms with E-state index in [9.17, 15) is 13.2 Å². The maximum atomic E-state index is 12.2. The number of hydrogen-bond acceptors (Lipinski definition) is 4. The van der Waals surface area contributed by atoms with Crippen LogP contribution >= 0.6 is 0 Å². The van der Waals surface area contributed by atoms with E-state index >= 15 is 0 Å². The van der Waals surface area contributed by atoms with Crippen LogP contribution in [0.25, 0.3) is 0 Å². The van der Waals surface area contributed by atoms with E-state index < -0.39 is 15.9 Å². The molecule has 0 fully saturated rings. The van der Waals surface area contributed by atoms with Gasteiger partial charge in [-0.25, -0.2) is 13.8 Å². The molecule has 2 aromatic rings. The maximum Gasteiger partial charge on any atom is 0.260 e. The summed E-state index contributed by atoms with van der Waals surface area (Å²) < 4.78 is 25.2. The highest BCUT2D eigenvalue weighted by atomic mass is 32.2. The number of nitrogens with one attached hydrogen (secondary N) is 1. The molecule has 0 unspecified atom stereocenters. The Balaban J connectivity index is 1.97. The summed E-state index contributed by atoms with van der Waals surface area (Å²) in [6, 6.07) is 17.0. The molecule has 0 aliphatic carbocycles. The van der Waals surface area contributed by atoms with Crippen molar-refractivity contribution >= 4 is 27.3 Å². The number of sulfonamides is 1. The van der Waals surface area contributed by atoms with Gasteiger partial charge in [-0.05, 0) is 49.9 Å². The van der Waals surface area contributed by atoms with Crippen LogP contribution in [-0.2, 0) is 21.2 Å². The molecule has 0 bridgehead atoms. The van der Waals surface area contributed by atoms with Crippen molar-refractivity contribution in [1.29, 1.82) is 0 Å². The molecular formula is C20H25N3O3S. The Labute approximate surface area is 161 Å². The minimum atomic E-state index is -3.59. The molecule has 0 aliphatic heterocycles. The zero-order chi connectivity index (χ0) is 19.9. The zero-order valence-corrected chi connectivity index (χ0v) is 16.7. The minimum Gasteiger partial charge on any atom is -0.271 e. The number of hydrazone groups is 1. The summed E-state index contributed by atoms with van der Waals surface area (Å²) in [7, 11) is -3.59. The van der Waals surface area contributed by atoms with Gasteiger partial charge in [-0.2, -0.15) is 5.10 Å². The third-order valence-electron chi connectivity index (χ3n) is 3.97. The first-order valence-corrected chi connectivity index (χ1v) is 10.5. The van der Waals surface area contributed by atoms with Crippen LogP contribution in [0.15, 0.2) is 59.7 Å². The maximum absolute atomic E-state index is 12.2. The monoisotopic (exact) mass is 387 g/mol. The standard InChI is InChI=1S/C20H25N3O3S/c1-16-8-7-11-19(14-16)23(27(3,25)26)15-20(24)22-21-17(2)12-13-18-9-5-4-6-10-18/h4-11,14H,12-13,15H2,1-3H3,(H,22,24)/b21-17-. The van der Waals surface area contributed by atoms with Gasteiger partial charge in [0, 0.05) is 5.71 Å². The summed E-state index contributed by atoms with van der Waals surface area (Å²) in [4.78, 5) is 12.2. The van der Waals surface area contributed by atoms with Gasteiger partial charge in [-0.15, -0.1) is 0 Å². The van der Waals surface area contributed by atoms with Crippen molar-refractivity contribution in [2.45, 2.75) is 26.7 Å². The molecule has 144 valence electrons. The Hall–Kier alpha value is -2.67. The van der Waals surface area contributed by atoms with Crippen LogP contribution in [0, 0.1) is 6.92 Å². The molecule has 0 aromatic heterocycles. The minimum absolute atomic E-state index is 0.322. The van der Waals surface area contributed by atoms with E-state index in [0.29, 0.717) is 12.1 Å². The van der Waals surface area contributed by atoms with E-state index in [1.54, 1.807) is 18.2 Å². The normalized spacial score (nSPS) is 11.9. The van der Waals surface area contributed by atoms with Crippen LogP contribution in [0.3, 0.4) is 0 Å². The fourth-order valence-corrected chi connectivity index (χ4v) is 3.38. The number of benzene rings is 2. The number of carbonyl (C=O) groups is 1. The van der Waals surface area contributed by atoms with Crippen LogP contribution in [0.2, 0.25) is 0 Å². The first-order chi connectivity index (χ1) is 12.8. The lowest BCUT2D eigenvalue weighted by Gasteiger charge is -2.21. The summed E-state index contributed by atoms with van der Waals surface area (Å²) in [5, 5.41) is 4.08. The van der Waals surface area contributed by atoms with E-state index in [2.05, 4.69) is 10.5 Å². The van der Waals surface area contributed by atoms with Gasteiger partial charge in [0.1, 0.15) is 6.54 Å². The summed E-state index contributed by atoms with van der Waals surface area (Å²) in [6.45, 7) is 3.38. The molecule has 0 saturated carbocycles. The van der Waals surface area contributed by atoms with Crippen molar-refractivity contribution in [3.63, 3.8) is 0 Å². The van der Waals surface area contributed by atoms with Crippen molar-refractivity contribution in [3.05, 3.63) is 65.7 Å². The SMILES string of the molecule is C/C(CCc1ccccc1)=N/NC(=O)CN(c1cccc(C)c1)S(C)(=O)=O. The van der Waals surface area contributed by atoms with Gasteiger partial charge in [-0.3, -0.25) is 9.10 Å². The summed E-state index contributed by atoms with van der Waals surface area (Å²) in [5.74, 6) is -0.485. The smallest absolute Gasteiger partial charge is 0.260 e. The lowest BCUT2D eigenvalue weighted by atomic mass is 10.1. The van der Waals surface area contributed by atoms with Gasteiger partial charge >= 0.3 is 0 Å². The number of hydrogen-bond donors (Lipinski definition) is 1. The predicted molar refractivity (Wildman–Crippen MR) is 109 cm³/mol. The number of carbonyl (C=O) groups excluding carboxylic acids is 1. The van der Waals surface area contributed by atoms with Crippen LogP contribution in [-0.4, -0.2) is 32.8 Å². The molecule has 1 N–H and O–H groups in total. The van der Waals surface area contributed by atoms with Gasteiger partial charge in [-0.1, -0.05) is 42.5 Å². The van der Waals surface area contributed by atoms with E-state index in [1.165, 1.54) is 5.56 Å². The van der Waals surface area contributed by atoms with Crippen molar-refractivity contribution in [1.82, 2.24) is 5.43 Å². The highest BCUT2D eigenvalue weighted by molar-refractivity contribution is 7.92. The molecule has 7 heteroatoms. The van der Waals surface area contributed by atoms with Gasteiger partial charge < -0.3 is 0 Å². The van der Waals surface area contributed by atoms with Gasteiger partial charge in [0.05, 0.1) is 11.9 Å². The molecule has 2 rings (SSSR count). The molecule has 0 heterocycles. The molecule has 6 nitrogen and oxygen atoms in total. The second-order valence-electron chi connectivity index (χ2n) is 6.48. The number of amides is 1.